The molecule has 1 nitrogen and oxygen atoms in total. The van der Waals surface area contributed by atoms with E-state index in [4.69, 9.17) is 0 Å². The van der Waals surface area contributed by atoms with Gasteiger partial charge in [-0.25, -0.2) is 0 Å². The van der Waals surface area contributed by atoms with E-state index in [1.54, 1.807) is 0 Å². The highest BCUT2D eigenvalue weighted by molar-refractivity contribution is 5.16. The van der Waals surface area contributed by atoms with Crippen molar-refractivity contribution >= 4 is 0 Å². The van der Waals surface area contributed by atoms with Crippen LogP contribution >= 0.6 is 0 Å². The van der Waals surface area contributed by atoms with Gasteiger partial charge in [-0.2, -0.15) is 30.7 Å². The van der Waals surface area contributed by atoms with Gasteiger partial charge in [-0.05, 0) is 0 Å². The maximum atomic E-state index is 12.0. The SMILES string of the molecule is COC(F)=C(C(F)(F)F)C(F)(F)F. The van der Waals surface area contributed by atoms with Gasteiger partial charge in [0.15, 0.2) is 0 Å². The molecule has 0 rings (SSSR count). The molecule has 0 saturated heterocycles. The summed E-state index contributed by atoms with van der Waals surface area (Å²) in [5.74, 6) is 0. The molecular formula is C5H3F7O. The van der Waals surface area contributed by atoms with Crippen LogP contribution in [0.3, 0.4) is 0 Å². The van der Waals surface area contributed by atoms with Gasteiger partial charge >= 0.3 is 12.4 Å². The quantitative estimate of drug-likeness (QED) is 0.479. The number of rotatable bonds is 1. The lowest BCUT2D eigenvalue weighted by molar-refractivity contribution is -0.178. The minimum atomic E-state index is -5.82. The summed E-state index contributed by atoms with van der Waals surface area (Å²) in [6.07, 6.45) is -11.6. The first kappa shape index (κ1) is 12.0. The lowest BCUT2D eigenvalue weighted by atomic mass is 10.3. The van der Waals surface area contributed by atoms with Gasteiger partial charge in [-0.1, -0.05) is 0 Å². The van der Waals surface area contributed by atoms with Gasteiger partial charge < -0.3 is 4.74 Å². The van der Waals surface area contributed by atoms with Crippen molar-refractivity contribution in [1.29, 1.82) is 0 Å². The summed E-state index contributed by atoms with van der Waals surface area (Å²) < 4.78 is 84.6. The van der Waals surface area contributed by atoms with Crippen molar-refractivity contribution in [3.05, 3.63) is 11.6 Å². The molecule has 0 N–H and O–H groups in total. The normalized spacial score (nSPS) is 12.6. The van der Waals surface area contributed by atoms with Crippen LogP contribution in [0.4, 0.5) is 30.7 Å². The predicted molar refractivity (Wildman–Crippen MR) is 27.3 cm³/mol. The van der Waals surface area contributed by atoms with Crippen molar-refractivity contribution in [2.24, 2.45) is 0 Å². The predicted octanol–water partition coefficient (Wildman–Crippen LogP) is 2.94. The van der Waals surface area contributed by atoms with Gasteiger partial charge in [0, 0.05) is 0 Å². The minimum absolute atomic E-state index is 0.368. The van der Waals surface area contributed by atoms with E-state index in [0.717, 1.165) is 0 Å². The molecule has 78 valence electrons. The topological polar surface area (TPSA) is 9.23 Å². The van der Waals surface area contributed by atoms with Crippen molar-refractivity contribution in [2.75, 3.05) is 7.11 Å². The molecule has 0 fully saturated rings. The molecule has 0 saturated carbocycles. The van der Waals surface area contributed by atoms with E-state index in [2.05, 4.69) is 4.74 Å². The van der Waals surface area contributed by atoms with E-state index in [1.165, 1.54) is 0 Å². The van der Waals surface area contributed by atoms with Gasteiger partial charge in [0.2, 0.25) is 5.57 Å². The summed E-state index contributed by atoms with van der Waals surface area (Å²) in [5, 5.41) is 0. The first-order valence-electron chi connectivity index (χ1n) is 2.69. The van der Waals surface area contributed by atoms with Gasteiger partial charge in [0.1, 0.15) is 0 Å². The van der Waals surface area contributed by atoms with Gasteiger partial charge in [-0.15, -0.1) is 0 Å². The Morgan fingerprint density at radius 2 is 1.23 bits per heavy atom. The Labute approximate surface area is 67.8 Å². The van der Waals surface area contributed by atoms with Crippen LogP contribution in [0, 0.1) is 0 Å². The van der Waals surface area contributed by atoms with Gasteiger partial charge in [-0.3, -0.25) is 0 Å². The third-order valence-electron chi connectivity index (χ3n) is 0.943. The fraction of sp³-hybridized carbons (Fsp3) is 0.600. The van der Waals surface area contributed by atoms with Crippen molar-refractivity contribution in [2.45, 2.75) is 12.4 Å². The second-order valence-electron chi connectivity index (χ2n) is 1.85. The fourth-order valence-electron chi connectivity index (χ4n) is 0.486. The number of hydrogen-bond donors (Lipinski definition) is 0. The molecule has 0 spiro atoms. The van der Waals surface area contributed by atoms with Crippen LogP contribution in [-0.2, 0) is 4.74 Å². The highest BCUT2D eigenvalue weighted by atomic mass is 19.4. The molecule has 0 amide bonds. The zero-order valence-electron chi connectivity index (χ0n) is 6.05. The monoisotopic (exact) mass is 212 g/mol. The summed E-state index contributed by atoms with van der Waals surface area (Å²) in [6.45, 7) is 0. The average Bonchev–Trinajstić information content (AvgIpc) is 1.80. The third-order valence-corrected chi connectivity index (χ3v) is 0.943. The Hall–Kier alpha value is -0.950. The fourth-order valence-corrected chi connectivity index (χ4v) is 0.486. The summed E-state index contributed by atoms with van der Waals surface area (Å²) >= 11 is 0. The Morgan fingerprint density at radius 1 is 0.923 bits per heavy atom. The zero-order valence-corrected chi connectivity index (χ0v) is 6.05. The molecular weight excluding hydrogens is 209 g/mol. The van der Waals surface area contributed by atoms with Crippen LogP contribution in [0.5, 0.6) is 0 Å². The Kier molecular flexibility index (Phi) is 3.18. The van der Waals surface area contributed by atoms with Crippen LogP contribution in [-0.4, -0.2) is 19.5 Å². The maximum Gasteiger partial charge on any atom is 0.427 e. The summed E-state index contributed by atoms with van der Waals surface area (Å²) in [7, 11) is 0.368. The van der Waals surface area contributed by atoms with Crippen LogP contribution < -0.4 is 0 Å². The average molecular weight is 212 g/mol. The van der Waals surface area contributed by atoms with Crippen LogP contribution in [0.25, 0.3) is 0 Å². The van der Waals surface area contributed by atoms with Crippen LogP contribution in [0.1, 0.15) is 0 Å². The second kappa shape index (κ2) is 3.43. The highest BCUT2D eigenvalue weighted by Gasteiger charge is 2.54. The molecule has 0 aliphatic heterocycles. The molecule has 0 bridgehead atoms. The standard InChI is InChI=1S/C5H3F7O/c1-13-3(6)2(4(7,8)9)5(10,11)12/h1H3. The molecule has 0 aromatic carbocycles. The molecule has 13 heavy (non-hydrogen) atoms. The smallest absolute Gasteiger partial charge is 0.427 e. The van der Waals surface area contributed by atoms with Crippen molar-refractivity contribution < 1.29 is 35.5 Å². The second-order valence-corrected chi connectivity index (χ2v) is 1.85. The van der Waals surface area contributed by atoms with E-state index >= 15 is 0 Å². The first-order valence-corrected chi connectivity index (χ1v) is 2.69. The molecule has 0 unspecified atom stereocenters. The highest BCUT2D eigenvalue weighted by Crippen LogP contribution is 2.40. The number of ether oxygens (including phenoxy) is 1. The first-order chi connectivity index (χ1) is 5.60. The molecule has 0 radical (unpaired) electrons. The largest absolute Gasteiger partial charge is 0.474 e. The number of methoxy groups -OCH3 is 1. The lowest BCUT2D eigenvalue weighted by Crippen LogP contribution is -2.27. The third kappa shape index (κ3) is 3.11. The molecule has 8 heteroatoms. The van der Waals surface area contributed by atoms with E-state index in [1.807, 2.05) is 0 Å². The Balaban J connectivity index is 5.25. The van der Waals surface area contributed by atoms with Gasteiger partial charge in [0.25, 0.3) is 6.01 Å². The Bertz CT molecular complexity index is 194. The molecule has 0 heterocycles. The van der Waals surface area contributed by atoms with E-state index < -0.39 is 23.9 Å². The minimum Gasteiger partial charge on any atom is -0.474 e. The van der Waals surface area contributed by atoms with Crippen LogP contribution in [0.15, 0.2) is 11.6 Å². The molecule has 0 aromatic heterocycles. The molecule has 0 aliphatic carbocycles. The van der Waals surface area contributed by atoms with E-state index in [-0.39, 0.29) is 0 Å². The van der Waals surface area contributed by atoms with Crippen molar-refractivity contribution in [3.8, 4) is 0 Å². The van der Waals surface area contributed by atoms with Crippen molar-refractivity contribution in [3.63, 3.8) is 0 Å². The Morgan fingerprint density at radius 3 is 1.31 bits per heavy atom. The van der Waals surface area contributed by atoms with Crippen molar-refractivity contribution in [1.82, 2.24) is 0 Å². The van der Waals surface area contributed by atoms with E-state index in [9.17, 15) is 30.7 Å². The van der Waals surface area contributed by atoms with E-state index in [0.29, 0.717) is 7.11 Å². The maximum absolute atomic E-state index is 12.0. The van der Waals surface area contributed by atoms with Crippen LogP contribution in [0.2, 0.25) is 0 Å². The van der Waals surface area contributed by atoms with Gasteiger partial charge in [0.05, 0.1) is 7.11 Å². The summed E-state index contributed by atoms with van der Waals surface area (Å²) in [4.78, 5) is 0. The number of allylic oxidation sites excluding steroid dienone is 1. The molecule has 0 atom stereocenters. The summed E-state index contributed by atoms with van der Waals surface area (Å²) in [6, 6.07) is -2.69. The lowest BCUT2D eigenvalue weighted by Gasteiger charge is -2.14. The number of halogens is 7. The number of hydrogen-bond acceptors (Lipinski definition) is 1. The number of alkyl halides is 6. The molecule has 0 aliphatic rings. The zero-order chi connectivity index (χ0) is 10.9. The summed E-state index contributed by atoms with van der Waals surface area (Å²) in [5.41, 5.74) is -3.28. The molecule has 0 aromatic rings.